The first-order valence-corrected chi connectivity index (χ1v) is 5.51. The maximum atomic E-state index is 13.7. The number of aromatic nitrogens is 2. The summed E-state index contributed by atoms with van der Waals surface area (Å²) in [6.07, 6.45) is 3.43. The summed E-state index contributed by atoms with van der Waals surface area (Å²) >= 11 is 2.98. The number of benzene rings is 1. The minimum atomic E-state index is -0.671. The van der Waals surface area contributed by atoms with E-state index in [1.165, 1.54) is 29.1 Å². The summed E-state index contributed by atoms with van der Waals surface area (Å²) in [5, 5.41) is 0. The molecule has 0 aliphatic heterocycles. The van der Waals surface area contributed by atoms with Gasteiger partial charge in [-0.1, -0.05) is 0 Å². The van der Waals surface area contributed by atoms with Gasteiger partial charge in [-0.05, 0) is 28.1 Å². The number of imidazole rings is 1. The summed E-state index contributed by atoms with van der Waals surface area (Å²) in [6, 6.07) is 2.46. The van der Waals surface area contributed by atoms with Gasteiger partial charge in [0.1, 0.15) is 11.6 Å². The molecule has 2 rings (SSSR count). The molecule has 0 unspecified atom stereocenters. The first kappa shape index (κ1) is 11.9. The second-order valence-corrected chi connectivity index (χ2v) is 4.21. The van der Waals surface area contributed by atoms with Crippen LogP contribution in [-0.2, 0) is 6.54 Å². The molecular formula is C11H7BrF2N2O. The Bertz CT molecular complexity index is 569. The highest BCUT2D eigenvalue weighted by molar-refractivity contribution is 9.10. The summed E-state index contributed by atoms with van der Waals surface area (Å²) in [5.74, 6) is -1.20. The van der Waals surface area contributed by atoms with Crippen LogP contribution in [0.25, 0.3) is 0 Å². The van der Waals surface area contributed by atoms with E-state index in [9.17, 15) is 13.6 Å². The average molecular weight is 301 g/mol. The fraction of sp³-hybridized carbons (Fsp3) is 0.0909. The molecule has 88 valence electrons. The van der Waals surface area contributed by atoms with Gasteiger partial charge in [0, 0.05) is 18.0 Å². The highest BCUT2D eigenvalue weighted by Crippen LogP contribution is 2.22. The third-order valence-electron chi connectivity index (χ3n) is 2.32. The van der Waals surface area contributed by atoms with E-state index in [-0.39, 0.29) is 22.4 Å². The number of nitrogens with zero attached hydrogens (tertiary/aromatic N) is 2. The van der Waals surface area contributed by atoms with E-state index in [1.54, 1.807) is 0 Å². The normalized spacial score (nSPS) is 10.5. The molecule has 2 aromatic rings. The smallest absolute Gasteiger partial charge is 0.185 e. The van der Waals surface area contributed by atoms with Crippen molar-refractivity contribution >= 4 is 22.2 Å². The van der Waals surface area contributed by atoms with Gasteiger partial charge in [0.25, 0.3) is 0 Å². The van der Waals surface area contributed by atoms with Crippen molar-refractivity contribution < 1.29 is 13.6 Å². The minimum absolute atomic E-state index is 0.0782. The van der Waals surface area contributed by atoms with Crippen molar-refractivity contribution in [3.05, 3.63) is 52.0 Å². The van der Waals surface area contributed by atoms with Gasteiger partial charge in [0.2, 0.25) is 0 Å². The summed E-state index contributed by atoms with van der Waals surface area (Å²) < 4.78 is 28.7. The molecule has 6 heteroatoms. The maximum absolute atomic E-state index is 13.7. The molecule has 3 nitrogen and oxygen atoms in total. The Morgan fingerprint density at radius 1 is 1.41 bits per heavy atom. The van der Waals surface area contributed by atoms with Crippen molar-refractivity contribution in [2.45, 2.75) is 6.54 Å². The molecule has 17 heavy (non-hydrogen) atoms. The van der Waals surface area contributed by atoms with Crippen LogP contribution in [0.1, 0.15) is 16.2 Å². The zero-order valence-corrected chi connectivity index (χ0v) is 10.1. The fourth-order valence-electron chi connectivity index (χ4n) is 1.46. The van der Waals surface area contributed by atoms with Gasteiger partial charge in [-0.2, -0.15) is 0 Å². The molecule has 0 amide bonds. The molecule has 0 bridgehead atoms. The van der Waals surface area contributed by atoms with Crippen LogP contribution in [0.15, 0.2) is 29.0 Å². The van der Waals surface area contributed by atoms with Crippen LogP contribution in [0.2, 0.25) is 0 Å². The first-order chi connectivity index (χ1) is 8.13. The largest absolute Gasteiger partial charge is 0.324 e. The summed E-state index contributed by atoms with van der Waals surface area (Å²) in [7, 11) is 0. The second kappa shape index (κ2) is 4.75. The van der Waals surface area contributed by atoms with E-state index in [2.05, 4.69) is 20.9 Å². The molecule has 0 radical (unpaired) electrons. The van der Waals surface area contributed by atoms with Gasteiger partial charge in [-0.3, -0.25) is 4.79 Å². The van der Waals surface area contributed by atoms with Gasteiger partial charge in [-0.15, -0.1) is 0 Å². The Morgan fingerprint density at radius 2 is 2.18 bits per heavy atom. The van der Waals surface area contributed by atoms with Crippen molar-refractivity contribution in [3.8, 4) is 0 Å². The fourth-order valence-corrected chi connectivity index (χ4v) is 1.83. The minimum Gasteiger partial charge on any atom is -0.324 e. The van der Waals surface area contributed by atoms with Crippen LogP contribution in [0, 0.1) is 11.6 Å². The molecule has 0 aliphatic rings. The zero-order chi connectivity index (χ0) is 12.4. The first-order valence-electron chi connectivity index (χ1n) is 4.72. The van der Waals surface area contributed by atoms with Crippen molar-refractivity contribution in [2.24, 2.45) is 0 Å². The Labute approximate surface area is 104 Å². The van der Waals surface area contributed by atoms with Crippen LogP contribution < -0.4 is 0 Å². The Kier molecular flexibility index (Phi) is 3.33. The molecule has 1 aromatic heterocycles. The van der Waals surface area contributed by atoms with Crippen molar-refractivity contribution in [2.75, 3.05) is 0 Å². The zero-order valence-electron chi connectivity index (χ0n) is 8.53. The lowest BCUT2D eigenvalue weighted by atomic mass is 10.2. The van der Waals surface area contributed by atoms with E-state index < -0.39 is 11.6 Å². The highest BCUT2D eigenvalue weighted by atomic mass is 79.9. The van der Waals surface area contributed by atoms with Gasteiger partial charge in [-0.25, -0.2) is 13.8 Å². The second-order valence-electron chi connectivity index (χ2n) is 3.35. The van der Waals surface area contributed by atoms with Crippen LogP contribution in [0.4, 0.5) is 8.78 Å². The van der Waals surface area contributed by atoms with Crippen LogP contribution in [-0.4, -0.2) is 15.8 Å². The molecule has 0 atom stereocenters. The maximum Gasteiger partial charge on any atom is 0.185 e. The SMILES string of the molecule is O=Cc1nccn1Cc1c(F)ccc(Br)c1F. The lowest BCUT2D eigenvalue weighted by Gasteiger charge is -2.08. The molecule has 0 spiro atoms. The Hall–Kier alpha value is -1.56. The number of carbonyl (C=O) groups is 1. The van der Waals surface area contributed by atoms with Gasteiger partial charge in [0.05, 0.1) is 11.0 Å². The molecule has 0 saturated carbocycles. The average Bonchev–Trinajstić information content (AvgIpc) is 2.77. The third-order valence-corrected chi connectivity index (χ3v) is 2.93. The van der Waals surface area contributed by atoms with Crippen LogP contribution >= 0.6 is 15.9 Å². The predicted molar refractivity (Wildman–Crippen MR) is 60.8 cm³/mol. The lowest BCUT2D eigenvalue weighted by molar-refractivity contribution is 0.111. The van der Waals surface area contributed by atoms with E-state index in [4.69, 9.17) is 0 Å². The van der Waals surface area contributed by atoms with Gasteiger partial charge >= 0.3 is 0 Å². The van der Waals surface area contributed by atoms with Crippen LogP contribution in [0.5, 0.6) is 0 Å². The molecule has 1 aromatic carbocycles. The Morgan fingerprint density at radius 3 is 2.88 bits per heavy atom. The van der Waals surface area contributed by atoms with Gasteiger partial charge in [0.15, 0.2) is 12.1 Å². The summed E-state index contributed by atoms with van der Waals surface area (Å²) in [5.41, 5.74) is -0.111. The predicted octanol–water partition coefficient (Wildman–Crippen LogP) is 2.78. The van der Waals surface area contributed by atoms with E-state index in [0.717, 1.165) is 0 Å². The molecule has 0 fully saturated rings. The van der Waals surface area contributed by atoms with Crippen molar-refractivity contribution in [3.63, 3.8) is 0 Å². The van der Waals surface area contributed by atoms with E-state index in [0.29, 0.717) is 6.29 Å². The monoisotopic (exact) mass is 300 g/mol. The quantitative estimate of drug-likeness (QED) is 0.645. The number of halogens is 3. The van der Waals surface area contributed by atoms with Gasteiger partial charge < -0.3 is 4.57 Å². The van der Waals surface area contributed by atoms with Crippen LogP contribution in [0.3, 0.4) is 0 Å². The number of rotatable bonds is 3. The van der Waals surface area contributed by atoms with Crippen molar-refractivity contribution in [1.82, 2.24) is 9.55 Å². The van der Waals surface area contributed by atoms with E-state index in [1.807, 2.05) is 0 Å². The number of carbonyl (C=O) groups excluding carboxylic acids is 1. The number of hydrogen-bond acceptors (Lipinski definition) is 2. The third kappa shape index (κ3) is 2.26. The molecule has 0 N–H and O–H groups in total. The summed E-state index contributed by atoms with van der Waals surface area (Å²) in [4.78, 5) is 14.4. The van der Waals surface area contributed by atoms with Crippen molar-refractivity contribution in [1.29, 1.82) is 0 Å². The van der Waals surface area contributed by atoms with E-state index >= 15 is 0 Å². The molecule has 0 aliphatic carbocycles. The summed E-state index contributed by atoms with van der Waals surface area (Å²) in [6.45, 7) is -0.0782. The Balaban J connectivity index is 2.43. The molecular weight excluding hydrogens is 294 g/mol. The lowest BCUT2D eigenvalue weighted by Crippen LogP contribution is -2.07. The highest BCUT2D eigenvalue weighted by Gasteiger charge is 2.14. The molecule has 0 saturated heterocycles. The standard InChI is InChI=1S/C11H7BrF2N2O/c12-8-1-2-9(13)7(11(8)14)5-16-4-3-15-10(16)6-17/h1-4,6H,5H2. The molecule has 1 heterocycles. The number of hydrogen-bond donors (Lipinski definition) is 0. The topological polar surface area (TPSA) is 34.9 Å². The number of aldehydes is 1.